The Balaban J connectivity index is 1.38. The molecule has 0 aliphatic heterocycles. The molecule has 0 fully saturated rings. The summed E-state index contributed by atoms with van der Waals surface area (Å²) in [5.41, 5.74) is 3.32. The molecule has 37 heavy (non-hydrogen) atoms. The molecule has 188 valence electrons. The summed E-state index contributed by atoms with van der Waals surface area (Å²) < 4.78 is 16.6. The third-order valence-electron chi connectivity index (χ3n) is 5.36. The lowest BCUT2D eigenvalue weighted by atomic mass is 10.1. The van der Waals surface area contributed by atoms with Crippen LogP contribution in [0.2, 0.25) is 10.0 Å². The Morgan fingerprint density at radius 2 is 1.68 bits per heavy atom. The lowest BCUT2D eigenvalue weighted by molar-refractivity contribution is -0.127. The van der Waals surface area contributed by atoms with Gasteiger partial charge in [0.15, 0.2) is 17.6 Å². The van der Waals surface area contributed by atoms with Crippen molar-refractivity contribution >= 4 is 52.1 Å². The molecule has 1 amide bonds. The molecule has 9 heteroatoms. The third-order valence-corrected chi connectivity index (χ3v) is 6.10. The number of hydrogen-bond acceptors (Lipinski definition) is 6. The van der Waals surface area contributed by atoms with E-state index < -0.39 is 18.0 Å². The van der Waals surface area contributed by atoms with E-state index in [1.54, 1.807) is 25.1 Å². The minimum Gasteiger partial charge on any atom is -0.493 e. The molecule has 0 saturated carbocycles. The van der Waals surface area contributed by atoms with E-state index in [-0.39, 0.29) is 16.3 Å². The molecule has 1 N–H and O–H groups in total. The van der Waals surface area contributed by atoms with Gasteiger partial charge in [0.2, 0.25) is 0 Å². The summed E-state index contributed by atoms with van der Waals surface area (Å²) in [6.07, 6.45) is 0.663. The van der Waals surface area contributed by atoms with Crippen LogP contribution in [0.4, 0.5) is 0 Å². The van der Waals surface area contributed by atoms with Gasteiger partial charge in [0, 0.05) is 5.39 Å². The molecule has 0 spiro atoms. The van der Waals surface area contributed by atoms with Crippen LogP contribution >= 0.6 is 23.2 Å². The molecule has 4 aromatic carbocycles. The fourth-order valence-corrected chi connectivity index (χ4v) is 3.73. The van der Waals surface area contributed by atoms with Crippen molar-refractivity contribution in [3.8, 4) is 17.2 Å². The SMILES string of the molecule is COc1cc(/C=N\NC(=O)[C@H](C)Oc2cccc3ccccc23)ccc1OC(=O)c1ccc(Cl)c(Cl)c1. The fraction of sp³-hybridized carbons (Fsp3) is 0.107. The zero-order valence-corrected chi connectivity index (χ0v) is 21.4. The van der Waals surface area contributed by atoms with Crippen LogP contribution in [-0.2, 0) is 4.79 Å². The summed E-state index contributed by atoms with van der Waals surface area (Å²) in [7, 11) is 1.45. The van der Waals surface area contributed by atoms with Crippen LogP contribution in [0.3, 0.4) is 0 Å². The van der Waals surface area contributed by atoms with Crippen LogP contribution in [-0.4, -0.2) is 31.3 Å². The highest BCUT2D eigenvalue weighted by molar-refractivity contribution is 6.42. The topological polar surface area (TPSA) is 86.2 Å². The minimum absolute atomic E-state index is 0.205. The lowest BCUT2D eigenvalue weighted by Crippen LogP contribution is -2.33. The highest BCUT2D eigenvalue weighted by Gasteiger charge is 2.16. The molecule has 0 radical (unpaired) electrons. The fourth-order valence-electron chi connectivity index (χ4n) is 3.43. The molecule has 0 saturated heterocycles. The maximum atomic E-state index is 12.5. The van der Waals surface area contributed by atoms with E-state index in [1.165, 1.54) is 31.5 Å². The largest absolute Gasteiger partial charge is 0.493 e. The van der Waals surface area contributed by atoms with Gasteiger partial charge in [-0.1, -0.05) is 59.6 Å². The average Bonchev–Trinajstić information content (AvgIpc) is 2.91. The van der Waals surface area contributed by atoms with Crippen LogP contribution in [0.5, 0.6) is 17.2 Å². The predicted molar refractivity (Wildman–Crippen MR) is 144 cm³/mol. The standard InChI is InChI=1S/C28H22Cl2N2O5/c1-17(36-24-9-5-7-19-6-3-4-8-21(19)24)27(33)32-31-16-18-10-13-25(26(14-18)35-2)37-28(34)20-11-12-22(29)23(30)15-20/h3-17H,1-2H3,(H,32,33)/b31-16-/t17-/m0/s1. The number of halogens is 2. The smallest absolute Gasteiger partial charge is 0.343 e. The van der Waals surface area contributed by atoms with Gasteiger partial charge in [0.05, 0.1) is 28.9 Å². The van der Waals surface area contributed by atoms with Crippen LogP contribution in [0.15, 0.2) is 84.0 Å². The Bertz CT molecular complexity index is 1480. The first-order chi connectivity index (χ1) is 17.9. The maximum Gasteiger partial charge on any atom is 0.343 e. The molecule has 0 bridgehead atoms. The molecule has 0 heterocycles. The predicted octanol–water partition coefficient (Wildman–Crippen LogP) is 6.29. The van der Waals surface area contributed by atoms with Crippen molar-refractivity contribution in [2.75, 3.05) is 7.11 Å². The Kier molecular flexibility index (Phi) is 8.28. The zero-order valence-electron chi connectivity index (χ0n) is 19.9. The molecule has 0 aliphatic carbocycles. The maximum absolute atomic E-state index is 12.5. The summed E-state index contributed by atoms with van der Waals surface area (Å²) in [5, 5.41) is 6.52. The number of carbonyl (C=O) groups excluding carboxylic acids is 2. The van der Waals surface area contributed by atoms with Gasteiger partial charge in [-0.3, -0.25) is 4.79 Å². The first-order valence-electron chi connectivity index (χ1n) is 11.2. The summed E-state index contributed by atoms with van der Waals surface area (Å²) in [4.78, 5) is 25.0. The molecule has 4 aromatic rings. The van der Waals surface area contributed by atoms with Gasteiger partial charge >= 0.3 is 5.97 Å². The average molecular weight is 537 g/mol. The molecule has 0 unspecified atom stereocenters. The molecule has 1 atom stereocenters. The lowest BCUT2D eigenvalue weighted by Gasteiger charge is -2.14. The molecular formula is C28H22Cl2N2O5. The van der Waals surface area contributed by atoms with Crippen molar-refractivity contribution in [3.05, 3.63) is 100 Å². The van der Waals surface area contributed by atoms with E-state index >= 15 is 0 Å². The number of esters is 1. The molecular weight excluding hydrogens is 515 g/mol. The van der Waals surface area contributed by atoms with E-state index in [1.807, 2.05) is 42.5 Å². The summed E-state index contributed by atoms with van der Waals surface area (Å²) in [6, 6.07) is 22.7. The number of methoxy groups -OCH3 is 1. The van der Waals surface area contributed by atoms with Crippen molar-refractivity contribution in [3.63, 3.8) is 0 Å². The van der Waals surface area contributed by atoms with Gasteiger partial charge in [0.25, 0.3) is 5.91 Å². The van der Waals surface area contributed by atoms with Crippen LogP contribution in [0.1, 0.15) is 22.8 Å². The molecule has 0 aliphatic rings. The first kappa shape index (κ1) is 26.0. The summed E-state index contributed by atoms with van der Waals surface area (Å²) in [6.45, 7) is 1.65. The second kappa shape index (κ2) is 11.8. The highest BCUT2D eigenvalue weighted by Crippen LogP contribution is 2.30. The van der Waals surface area contributed by atoms with Crippen molar-refractivity contribution in [1.82, 2.24) is 5.43 Å². The number of carbonyl (C=O) groups is 2. The molecule has 0 aromatic heterocycles. The van der Waals surface area contributed by atoms with Crippen molar-refractivity contribution in [2.45, 2.75) is 13.0 Å². The van der Waals surface area contributed by atoms with Gasteiger partial charge in [-0.05, 0) is 60.3 Å². The number of benzene rings is 4. The number of nitrogens with one attached hydrogen (secondary N) is 1. The van der Waals surface area contributed by atoms with Crippen molar-refractivity contribution in [2.24, 2.45) is 5.10 Å². The van der Waals surface area contributed by atoms with Crippen LogP contribution < -0.4 is 19.6 Å². The Morgan fingerprint density at radius 1 is 0.892 bits per heavy atom. The second-order valence-electron chi connectivity index (χ2n) is 7.90. The Labute approximate surface area is 223 Å². The Morgan fingerprint density at radius 3 is 2.46 bits per heavy atom. The van der Waals surface area contributed by atoms with Gasteiger partial charge in [0.1, 0.15) is 5.75 Å². The normalized spacial score (nSPS) is 11.8. The van der Waals surface area contributed by atoms with E-state index in [0.29, 0.717) is 22.1 Å². The van der Waals surface area contributed by atoms with Gasteiger partial charge in [-0.2, -0.15) is 5.10 Å². The third kappa shape index (κ3) is 6.39. The van der Waals surface area contributed by atoms with Crippen molar-refractivity contribution in [1.29, 1.82) is 0 Å². The number of hydrogen-bond donors (Lipinski definition) is 1. The number of rotatable bonds is 8. The zero-order chi connectivity index (χ0) is 26.4. The van der Waals surface area contributed by atoms with E-state index in [9.17, 15) is 9.59 Å². The number of hydrazone groups is 1. The molecule has 4 rings (SSSR count). The Hall–Kier alpha value is -4.07. The summed E-state index contributed by atoms with van der Waals surface area (Å²) in [5.74, 6) is 0.0859. The van der Waals surface area contributed by atoms with Gasteiger partial charge < -0.3 is 14.2 Å². The number of nitrogens with zero attached hydrogens (tertiary/aromatic N) is 1. The van der Waals surface area contributed by atoms with E-state index in [2.05, 4.69) is 10.5 Å². The monoisotopic (exact) mass is 536 g/mol. The first-order valence-corrected chi connectivity index (χ1v) is 11.9. The van der Waals surface area contributed by atoms with Gasteiger partial charge in [-0.25, -0.2) is 10.2 Å². The number of ether oxygens (including phenoxy) is 3. The highest BCUT2D eigenvalue weighted by atomic mass is 35.5. The van der Waals surface area contributed by atoms with E-state index in [0.717, 1.165) is 10.8 Å². The van der Waals surface area contributed by atoms with Gasteiger partial charge in [-0.15, -0.1) is 0 Å². The summed E-state index contributed by atoms with van der Waals surface area (Å²) >= 11 is 11.9. The van der Waals surface area contributed by atoms with E-state index in [4.69, 9.17) is 37.4 Å². The number of amides is 1. The van der Waals surface area contributed by atoms with Crippen molar-refractivity contribution < 1.29 is 23.8 Å². The second-order valence-corrected chi connectivity index (χ2v) is 8.71. The van der Waals surface area contributed by atoms with Crippen LogP contribution in [0.25, 0.3) is 10.8 Å². The quantitative estimate of drug-likeness (QED) is 0.124. The number of fused-ring (bicyclic) bond motifs is 1. The minimum atomic E-state index is -0.777. The molecule has 7 nitrogen and oxygen atoms in total. The van der Waals surface area contributed by atoms with Crippen LogP contribution in [0, 0.1) is 0 Å².